The fourth-order valence-electron chi connectivity index (χ4n) is 2.83. The van der Waals surface area contributed by atoms with Crippen LogP contribution in [-0.2, 0) is 11.2 Å². The molecule has 0 atom stereocenters. The Labute approximate surface area is 197 Å². The number of hydrogen-bond acceptors (Lipinski definition) is 2. The lowest BCUT2D eigenvalue weighted by atomic mass is 10.0. The van der Waals surface area contributed by atoms with Crippen LogP contribution >= 0.6 is 43.5 Å². The number of halogens is 3. The Kier molecular flexibility index (Phi) is 7.49. The van der Waals surface area contributed by atoms with Crippen molar-refractivity contribution in [2.75, 3.05) is 5.32 Å². The number of rotatable bonds is 5. The Morgan fingerprint density at radius 1 is 1.07 bits per heavy atom. The van der Waals surface area contributed by atoms with Gasteiger partial charge in [-0.05, 0) is 65.9 Å². The highest BCUT2D eigenvalue weighted by Gasteiger charge is 2.11. The summed E-state index contributed by atoms with van der Waals surface area (Å²) in [5, 5.41) is 12.7. The standard InChI is InChI=1S/C24H17Br2ClN2O/c1-15-6-9-20(13-23(15)27)29-24(30)19(14-28)10-16-7-8-18(22(26)11-16)12-17-4-2-3-5-21(17)25/h2-11,13H,12H2,1H3,(H,29,30)/b19-10+. The highest BCUT2D eigenvalue weighted by Crippen LogP contribution is 2.26. The summed E-state index contributed by atoms with van der Waals surface area (Å²) in [4.78, 5) is 12.5. The topological polar surface area (TPSA) is 52.9 Å². The molecule has 3 aromatic rings. The Morgan fingerprint density at radius 3 is 2.47 bits per heavy atom. The summed E-state index contributed by atoms with van der Waals surface area (Å²) in [6.07, 6.45) is 2.32. The SMILES string of the molecule is Cc1ccc(NC(=O)/C(C#N)=C/c2ccc(Cc3ccccc3Br)c(Br)c2)cc1Cl. The van der Waals surface area contributed by atoms with Crippen molar-refractivity contribution in [3.8, 4) is 6.07 Å². The van der Waals surface area contributed by atoms with Crippen molar-refractivity contribution in [3.63, 3.8) is 0 Å². The van der Waals surface area contributed by atoms with Gasteiger partial charge in [-0.1, -0.05) is 79.9 Å². The zero-order chi connectivity index (χ0) is 21.7. The first-order chi connectivity index (χ1) is 14.4. The van der Waals surface area contributed by atoms with Gasteiger partial charge in [-0.3, -0.25) is 4.79 Å². The summed E-state index contributed by atoms with van der Waals surface area (Å²) in [5.74, 6) is -0.481. The van der Waals surface area contributed by atoms with E-state index in [4.69, 9.17) is 11.6 Å². The Bertz CT molecular complexity index is 1180. The molecular formula is C24H17Br2ClN2O. The van der Waals surface area contributed by atoms with Gasteiger partial charge in [0.15, 0.2) is 0 Å². The van der Waals surface area contributed by atoms with E-state index in [0.717, 1.165) is 32.1 Å². The highest BCUT2D eigenvalue weighted by atomic mass is 79.9. The minimum atomic E-state index is -0.481. The molecule has 0 aliphatic rings. The van der Waals surface area contributed by atoms with E-state index in [0.29, 0.717) is 10.7 Å². The van der Waals surface area contributed by atoms with Crippen molar-refractivity contribution < 1.29 is 4.79 Å². The minimum absolute atomic E-state index is 0.0113. The molecular weight excluding hydrogens is 528 g/mol. The Hall–Kier alpha value is -2.39. The Morgan fingerprint density at radius 2 is 1.80 bits per heavy atom. The first-order valence-electron chi connectivity index (χ1n) is 9.08. The molecule has 0 saturated heterocycles. The number of anilines is 1. The Balaban J connectivity index is 1.79. The third-order valence-corrected chi connectivity index (χ3v) is 6.44. The first-order valence-corrected chi connectivity index (χ1v) is 11.0. The number of nitrogens with one attached hydrogen (secondary N) is 1. The number of carbonyl (C=O) groups excluding carboxylic acids is 1. The van der Waals surface area contributed by atoms with Crippen molar-refractivity contribution in [2.24, 2.45) is 0 Å². The quantitative estimate of drug-likeness (QED) is 0.271. The summed E-state index contributed by atoms with van der Waals surface area (Å²) in [6.45, 7) is 1.88. The van der Waals surface area contributed by atoms with Crippen molar-refractivity contribution in [2.45, 2.75) is 13.3 Å². The van der Waals surface area contributed by atoms with Crippen molar-refractivity contribution in [1.82, 2.24) is 0 Å². The molecule has 3 nitrogen and oxygen atoms in total. The number of carbonyl (C=O) groups is 1. The van der Waals surface area contributed by atoms with Gasteiger partial charge in [0.05, 0.1) is 0 Å². The molecule has 0 fully saturated rings. The van der Waals surface area contributed by atoms with Crippen molar-refractivity contribution in [3.05, 3.63) is 102 Å². The first kappa shape index (κ1) is 22.3. The molecule has 1 amide bonds. The number of hydrogen-bond donors (Lipinski definition) is 1. The van der Waals surface area contributed by atoms with Crippen LogP contribution in [-0.4, -0.2) is 5.91 Å². The maximum atomic E-state index is 12.5. The van der Waals surface area contributed by atoms with Crippen LogP contribution in [0.5, 0.6) is 0 Å². The molecule has 6 heteroatoms. The van der Waals surface area contributed by atoms with E-state index in [1.807, 2.05) is 55.5 Å². The fourth-order valence-corrected chi connectivity index (χ4v) is 3.97. The molecule has 0 aliphatic carbocycles. The van der Waals surface area contributed by atoms with E-state index in [9.17, 15) is 10.1 Å². The lowest BCUT2D eigenvalue weighted by Crippen LogP contribution is -2.13. The van der Waals surface area contributed by atoms with Crippen molar-refractivity contribution in [1.29, 1.82) is 5.26 Å². The molecule has 0 bridgehead atoms. The van der Waals surface area contributed by atoms with Gasteiger partial charge in [0, 0.05) is 19.7 Å². The van der Waals surface area contributed by atoms with Gasteiger partial charge in [-0.15, -0.1) is 0 Å². The van der Waals surface area contributed by atoms with Crippen LogP contribution in [0.4, 0.5) is 5.69 Å². The molecule has 150 valence electrons. The number of nitrogens with zero attached hydrogens (tertiary/aromatic N) is 1. The molecule has 0 saturated carbocycles. The van der Waals surface area contributed by atoms with Crippen LogP contribution < -0.4 is 5.32 Å². The predicted octanol–water partition coefficient (Wildman–Crippen LogP) is 7.31. The van der Waals surface area contributed by atoms with Crippen LogP contribution in [0.1, 0.15) is 22.3 Å². The molecule has 0 aliphatic heterocycles. The van der Waals surface area contributed by atoms with E-state index in [-0.39, 0.29) is 5.57 Å². The normalized spacial score (nSPS) is 11.1. The summed E-state index contributed by atoms with van der Waals surface area (Å²) in [5.41, 5.74) is 4.51. The number of nitriles is 1. The molecule has 0 aromatic heterocycles. The predicted molar refractivity (Wildman–Crippen MR) is 129 cm³/mol. The summed E-state index contributed by atoms with van der Waals surface area (Å²) in [6, 6.07) is 21.1. The third kappa shape index (κ3) is 5.60. The zero-order valence-corrected chi connectivity index (χ0v) is 20.0. The second-order valence-corrected chi connectivity index (χ2v) is 8.82. The largest absolute Gasteiger partial charge is 0.321 e. The molecule has 3 rings (SSSR count). The summed E-state index contributed by atoms with van der Waals surface area (Å²) in [7, 11) is 0. The summed E-state index contributed by atoms with van der Waals surface area (Å²) >= 11 is 13.3. The van der Waals surface area contributed by atoms with Gasteiger partial charge in [-0.25, -0.2) is 0 Å². The van der Waals surface area contributed by atoms with E-state index < -0.39 is 5.91 Å². The van der Waals surface area contributed by atoms with Crippen LogP contribution in [0.15, 0.2) is 75.2 Å². The molecule has 0 heterocycles. The second kappa shape index (κ2) is 10.1. The van der Waals surface area contributed by atoms with Gasteiger partial charge >= 0.3 is 0 Å². The molecule has 3 aromatic carbocycles. The average Bonchev–Trinajstić information content (AvgIpc) is 2.72. The molecule has 0 radical (unpaired) electrons. The lowest BCUT2D eigenvalue weighted by molar-refractivity contribution is -0.112. The van der Waals surface area contributed by atoms with Gasteiger partial charge in [-0.2, -0.15) is 5.26 Å². The monoisotopic (exact) mass is 542 g/mol. The van der Waals surface area contributed by atoms with E-state index in [1.165, 1.54) is 5.56 Å². The van der Waals surface area contributed by atoms with E-state index in [1.54, 1.807) is 18.2 Å². The fraction of sp³-hybridized carbons (Fsp3) is 0.0833. The van der Waals surface area contributed by atoms with E-state index in [2.05, 4.69) is 43.2 Å². The molecule has 0 unspecified atom stereocenters. The van der Waals surface area contributed by atoms with Crippen LogP contribution in [0.25, 0.3) is 6.08 Å². The van der Waals surface area contributed by atoms with Crippen molar-refractivity contribution >= 4 is 61.1 Å². The molecule has 0 spiro atoms. The lowest BCUT2D eigenvalue weighted by Gasteiger charge is -2.09. The van der Waals surface area contributed by atoms with Gasteiger partial charge in [0.1, 0.15) is 11.6 Å². The number of aryl methyl sites for hydroxylation is 1. The van der Waals surface area contributed by atoms with E-state index >= 15 is 0 Å². The average molecular weight is 545 g/mol. The van der Waals surface area contributed by atoms with Crippen LogP contribution in [0, 0.1) is 18.3 Å². The highest BCUT2D eigenvalue weighted by molar-refractivity contribution is 9.10. The van der Waals surface area contributed by atoms with Crippen LogP contribution in [0.2, 0.25) is 5.02 Å². The molecule has 1 N–H and O–H groups in total. The third-order valence-electron chi connectivity index (χ3n) is 4.52. The molecule has 30 heavy (non-hydrogen) atoms. The zero-order valence-electron chi connectivity index (χ0n) is 16.0. The maximum Gasteiger partial charge on any atom is 0.266 e. The second-order valence-electron chi connectivity index (χ2n) is 6.71. The smallest absolute Gasteiger partial charge is 0.266 e. The van der Waals surface area contributed by atoms with Crippen LogP contribution in [0.3, 0.4) is 0 Å². The number of amides is 1. The summed E-state index contributed by atoms with van der Waals surface area (Å²) < 4.78 is 1.97. The minimum Gasteiger partial charge on any atom is -0.321 e. The van der Waals surface area contributed by atoms with Gasteiger partial charge < -0.3 is 5.32 Å². The number of benzene rings is 3. The van der Waals surface area contributed by atoms with Gasteiger partial charge in [0.25, 0.3) is 5.91 Å². The van der Waals surface area contributed by atoms with Gasteiger partial charge in [0.2, 0.25) is 0 Å². The maximum absolute atomic E-state index is 12.5.